The molecule has 1 aliphatic heterocycles. The summed E-state index contributed by atoms with van der Waals surface area (Å²) in [6.07, 6.45) is 0.734. The van der Waals surface area contributed by atoms with Crippen molar-refractivity contribution in [3.63, 3.8) is 0 Å². The number of nitrogens with zero attached hydrogens (tertiary/aromatic N) is 1. The van der Waals surface area contributed by atoms with Crippen molar-refractivity contribution in [3.8, 4) is 0 Å². The summed E-state index contributed by atoms with van der Waals surface area (Å²) < 4.78 is 0. The van der Waals surface area contributed by atoms with E-state index in [2.05, 4.69) is 10.2 Å². The highest BCUT2D eigenvalue weighted by Gasteiger charge is 2.29. The van der Waals surface area contributed by atoms with E-state index in [9.17, 15) is 9.90 Å². The average Bonchev–Trinajstić information content (AvgIpc) is 2.38. The molecule has 0 aromatic heterocycles. The lowest BCUT2D eigenvalue weighted by Gasteiger charge is -2.34. The standard InChI is InChI=1S/C12H24N2O2S/c1-4-12(3,9-15)13-11(16)10(2)14-5-7-17-8-6-14/h10,15H,4-9H2,1-3H3,(H,13,16)/t10-,12-/m1/s1. The Morgan fingerprint density at radius 2 is 2.12 bits per heavy atom. The Bertz CT molecular complexity index is 251. The van der Waals surface area contributed by atoms with Gasteiger partial charge < -0.3 is 10.4 Å². The van der Waals surface area contributed by atoms with Gasteiger partial charge in [0.15, 0.2) is 0 Å². The molecule has 2 N–H and O–H groups in total. The van der Waals surface area contributed by atoms with Crippen LogP contribution in [-0.4, -0.2) is 58.7 Å². The lowest BCUT2D eigenvalue weighted by Crippen LogP contribution is -2.55. The summed E-state index contributed by atoms with van der Waals surface area (Å²) in [6, 6.07) is -0.103. The van der Waals surface area contributed by atoms with Crippen LogP contribution >= 0.6 is 11.8 Å². The predicted octanol–water partition coefficient (Wildman–Crippen LogP) is 0.701. The zero-order valence-corrected chi connectivity index (χ0v) is 11.8. The number of hydrogen-bond donors (Lipinski definition) is 2. The minimum atomic E-state index is -0.490. The van der Waals surface area contributed by atoms with E-state index in [0.717, 1.165) is 31.0 Å². The molecule has 0 saturated carbocycles. The third kappa shape index (κ3) is 4.16. The second-order valence-electron chi connectivity index (χ2n) is 4.89. The Hall–Kier alpha value is -0.260. The first-order chi connectivity index (χ1) is 8.02. The molecule has 1 aliphatic rings. The molecule has 0 radical (unpaired) electrons. The smallest absolute Gasteiger partial charge is 0.237 e. The molecule has 4 nitrogen and oxygen atoms in total. The van der Waals surface area contributed by atoms with Crippen LogP contribution in [0.15, 0.2) is 0 Å². The normalized spacial score (nSPS) is 22.8. The average molecular weight is 260 g/mol. The van der Waals surface area contributed by atoms with Crippen molar-refractivity contribution < 1.29 is 9.90 Å². The van der Waals surface area contributed by atoms with Gasteiger partial charge in [-0.25, -0.2) is 0 Å². The Labute approximate surface area is 108 Å². The van der Waals surface area contributed by atoms with Crippen LogP contribution in [0.4, 0.5) is 0 Å². The first-order valence-corrected chi connectivity index (χ1v) is 7.42. The summed E-state index contributed by atoms with van der Waals surface area (Å²) in [5, 5.41) is 12.2. The number of thioether (sulfide) groups is 1. The van der Waals surface area contributed by atoms with E-state index < -0.39 is 5.54 Å². The quantitative estimate of drug-likeness (QED) is 0.764. The first-order valence-electron chi connectivity index (χ1n) is 6.27. The van der Waals surface area contributed by atoms with Gasteiger partial charge in [0.05, 0.1) is 18.2 Å². The van der Waals surface area contributed by atoms with Gasteiger partial charge in [-0.2, -0.15) is 11.8 Å². The Balaban J connectivity index is 2.50. The van der Waals surface area contributed by atoms with Crippen molar-refractivity contribution in [1.29, 1.82) is 0 Å². The van der Waals surface area contributed by atoms with Crippen molar-refractivity contribution in [2.24, 2.45) is 0 Å². The molecule has 5 heteroatoms. The van der Waals surface area contributed by atoms with Crippen LogP contribution in [0.5, 0.6) is 0 Å². The molecule has 0 bridgehead atoms. The second kappa shape index (κ2) is 6.61. The van der Waals surface area contributed by atoms with Gasteiger partial charge in [-0.1, -0.05) is 6.92 Å². The van der Waals surface area contributed by atoms with Crippen LogP contribution in [0.2, 0.25) is 0 Å². The van der Waals surface area contributed by atoms with Gasteiger partial charge in [0.2, 0.25) is 5.91 Å². The molecule has 17 heavy (non-hydrogen) atoms. The molecule has 1 saturated heterocycles. The van der Waals surface area contributed by atoms with Gasteiger partial charge in [0.1, 0.15) is 0 Å². The van der Waals surface area contributed by atoms with Gasteiger partial charge in [-0.15, -0.1) is 0 Å². The number of rotatable bonds is 5. The number of nitrogens with one attached hydrogen (secondary N) is 1. The molecule has 1 rings (SSSR count). The van der Waals surface area contributed by atoms with E-state index in [1.54, 1.807) is 0 Å². The van der Waals surface area contributed by atoms with Crippen LogP contribution < -0.4 is 5.32 Å². The summed E-state index contributed by atoms with van der Waals surface area (Å²) in [6.45, 7) is 7.72. The minimum absolute atomic E-state index is 0.0161. The summed E-state index contributed by atoms with van der Waals surface area (Å²) in [5.41, 5.74) is -0.490. The third-order valence-corrected chi connectivity index (χ3v) is 4.47. The first kappa shape index (κ1) is 14.8. The number of hydrogen-bond acceptors (Lipinski definition) is 4. The largest absolute Gasteiger partial charge is 0.394 e. The number of amides is 1. The molecule has 100 valence electrons. The molecule has 0 spiro atoms. The third-order valence-electron chi connectivity index (χ3n) is 3.53. The topological polar surface area (TPSA) is 52.6 Å². The van der Waals surface area contributed by atoms with Gasteiger partial charge in [-0.05, 0) is 20.3 Å². The lowest BCUT2D eigenvalue weighted by molar-refractivity contribution is -0.128. The molecule has 0 aromatic rings. The number of carbonyl (C=O) groups is 1. The zero-order chi connectivity index (χ0) is 12.9. The SMILES string of the molecule is CC[C@](C)(CO)NC(=O)[C@@H](C)N1CCSCC1. The van der Waals surface area contributed by atoms with Crippen LogP contribution in [0, 0.1) is 0 Å². The predicted molar refractivity (Wildman–Crippen MR) is 72.3 cm³/mol. The molecule has 0 unspecified atom stereocenters. The van der Waals surface area contributed by atoms with Crippen LogP contribution in [-0.2, 0) is 4.79 Å². The van der Waals surface area contributed by atoms with Gasteiger partial charge >= 0.3 is 0 Å². The number of aliphatic hydroxyl groups excluding tert-OH is 1. The van der Waals surface area contributed by atoms with E-state index >= 15 is 0 Å². The van der Waals surface area contributed by atoms with E-state index in [-0.39, 0.29) is 18.6 Å². The summed E-state index contributed by atoms with van der Waals surface area (Å²) in [5.74, 6) is 2.22. The van der Waals surface area contributed by atoms with Crippen LogP contribution in [0.25, 0.3) is 0 Å². The fourth-order valence-corrected chi connectivity index (χ4v) is 2.70. The Kier molecular flexibility index (Phi) is 5.76. The minimum Gasteiger partial charge on any atom is -0.394 e. The van der Waals surface area contributed by atoms with Crippen molar-refractivity contribution in [2.75, 3.05) is 31.2 Å². The monoisotopic (exact) mass is 260 g/mol. The van der Waals surface area contributed by atoms with E-state index in [1.807, 2.05) is 32.5 Å². The molecule has 1 fully saturated rings. The molecular weight excluding hydrogens is 236 g/mol. The zero-order valence-electron chi connectivity index (χ0n) is 11.0. The van der Waals surface area contributed by atoms with Gasteiger partial charge in [0.25, 0.3) is 0 Å². The fraction of sp³-hybridized carbons (Fsp3) is 0.917. The van der Waals surface area contributed by atoms with E-state index in [1.165, 1.54) is 0 Å². The number of aliphatic hydroxyl groups is 1. The Morgan fingerprint density at radius 1 is 1.53 bits per heavy atom. The van der Waals surface area contributed by atoms with E-state index in [0.29, 0.717) is 0 Å². The summed E-state index contributed by atoms with van der Waals surface area (Å²) in [7, 11) is 0. The maximum absolute atomic E-state index is 12.1. The molecule has 0 aliphatic carbocycles. The fourth-order valence-electron chi connectivity index (χ4n) is 1.77. The summed E-state index contributed by atoms with van der Waals surface area (Å²) in [4.78, 5) is 14.3. The summed E-state index contributed by atoms with van der Waals surface area (Å²) >= 11 is 1.94. The van der Waals surface area contributed by atoms with Crippen molar-refractivity contribution in [1.82, 2.24) is 10.2 Å². The van der Waals surface area contributed by atoms with Crippen molar-refractivity contribution >= 4 is 17.7 Å². The van der Waals surface area contributed by atoms with Crippen LogP contribution in [0.3, 0.4) is 0 Å². The molecule has 1 amide bonds. The highest BCUT2D eigenvalue weighted by atomic mass is 32.2. The molecule has 2 atom stereocenters. The van der Waals surface area contributed by atoms with E-state index in [4.69, 9.17) is 0 Å². The van der Waals surface area contributed by atoms with Gasteiger partial charge in [0, 0.05) is 24.6 Å². The highest BCUT2D eigenvalue weighted by Crippen LogP contribution is 2.14. The maximum atomic E-state index is 12.1. The van der Waals surface area contributed by atoms with Crippen molar-refractivity contribution in [3.05, 3.63) is 0 Å². The highest BCUT2D eigenvalue weighted by molar-refractivity contribution is 7.99. The maximum Gasteiger partial charge on any atom is 0.237 e. The molecule has 1 heterocycles. The van der Waals surface area contributed by atoms with Gasteiger partial charge in [-0.3, -0.25) is 9.69 Å². The van der Waals surface area contributed by atoms with Crippen LogP contribution in [0.1, 0.15) is 27.2 Å². The Morgan fingerprint density at radius 3 is 2.59 bits per heavy atom. The molecular formula is C12H24N2O2S. The van der Waals surface area contributed by atoms with Crippen molar-refractivity contribution in [2.45, 2.75) is 38.8 Å². The second-order valence-corrected chi connectivity index (χ2v) is 6.11. The lowest BCUT2D eigenvalue weighted by atomic mass is 9.99. The number of carbonyl (C=O) groups excluding carboxylic acids is 1. The molecule has 0 aromatic carbocycles.